The monoisotopic (exact) mass is 388 g/mol. The number of sulfonamides is 1. The highest BCUT2D eigenvalue weighted by Crippen LogP contribution is 2.32. The van der Waals surface area contributed by atoms with Crippen LogP contribution in [0.25, 0.3) is 0 Å². The molecule has 8 heteroatoms. The van der Waals surface area contributed by atoms with Crippen molar-refractivity contribution in [3.05, 3.63) is 48.0 Å². The van der Waals surface area contributed by atoms with Crippen molar-refractivity contribution < 1.29 is 22.7 Å². The number of fused-ring (bicyclic) bond motifs is 1. The smallest absolute Gasteiger partial charge is 0.235 e. The number of benzene rings is 2. The molecule has 0 atom stereocenters. The summed E-state index contributed by atoms with van der Waals surface area (Å²) in [6.07, 6.45) is 1.56. The first-order valence-corrected chi connectivity index (χ1v) is 10.4. The molecule has 2 aliphatic rings. The summed E-state index contributed by atoms with van der Waals surface area (Å²) in [5.41, 5.74) is 2.28. The Balaban J connectivity index is 1.33. The lowest BCUT2D eigenvalue weighted by Gasteiger charge is -2.17. The summed E-state index contributed by atoms with van der Waals surface area (Å²) in [5.74, 6) is 1.52. The molecule has 1 saturated heterocycles. The first-order chi connectivity index (χ1) is 13.0. The number of carbonyl (C=O) groups excluding carboxylic acids is 1. The summed E-state index contributed by atoms with van der Waals surface area (Å²) in [5, 5.41) is 2.84. The number of anilines is 2. The number of amides is 1. The van der Waals surface area contributed by atoms with Gasteiger partial charge in [-0.2, -0.15) is 0 Å². The number of ether oxygens (including phenoxy) is 2. The molecule has 27 heavy (non-hydrogen) atoms. The normalized spacial score (nSPS) is 17.1. The van der Waals surface area contributed by atoms with Crippen molar-refractivity contribution in [2.24, 2.45) is 0 Å². The van der Waals surface area contributed by atoms with Gasteiger partial charge in [0.15, 0.2) is 11.5 Å². The Hall–Kier alpha value is -2.74. The fourth-order valence-corrected chi connectivity index (χ4v) is 4.78. The Kier molecular flexibility index (Phi) is 4.65. The molecular weight excluding hydrogens is 368 g/mol. The van der Waals surface area contributed by atoms with Crippen LogP contribution in [-0.2, 0) is 21.2 Å². The van der Waals surface area contributed by atoms with E-state index in [9.17, 15) is 13.2 Å². The molecule has 0 radical (unpaired) electrons. The summed E-state index contributed by atoms with van der Waals surface area (Å²) in [4.78, 5) is 12.2. The first kappa shape index (κ1) is 17.7. The molecule has 0 aromatic heterocycles. The van der Waals surface area contributed by atoms with Crippen LogP contribution < -0.4 is 19.1 Å². The highest BCUT2D eigenvalue weighted by molar-refractivity contribution is 7.93. The summed E-state index contributed by atoms with van der Waals surface area (Å²) in [7, 11) is -3.19. The Bertz CT molecular complexity index is 957. The summed E-state index contributed by atoms with van der Waals surface area (Å²) in [6.45, 7) is 0.734. The van der Waals surface area contributed by atoms with E-state index in [-0.39, 0.29) is 18.5 Å². The first-order valence-electron chi connectivity index (χ1n) is 8.80. The average molecular weight is 388 g/mol. The van der Waals surface area contributed by atoms with Gasteiger partial charge in [-0.25, -0.2) is 8.42 Å². The molecule has 4 rings (SSSR count). The van der Waals surface area contributed by atoms with Crippen LogP contribution in [0.4, 0.5) is 11.4 Å². The molecular formula is C19H20N2O5S. The Labute approximate surface area is 157 Å². The maximum atomic E-state index is 12.2. The number of carbonyl (C=O) groups is 1. The molecule has 2 aromatic carbocycles. The third-order valence-corrected chi connectivity index (χ3v) is 6.49. The summed E-state index contributed by atoms with van der Waals surface area (Å²) >= 11 is 0. The number of nitrogens with zero attached hydrogens (tertiary/aromatic N) is 1. The van der Waals surface area contributed by atoms with Gasteiger partial charge in [-0.05, 0) is 54.8 Å². The van der Waals surface area contributed by atoms with Crippen molar-refractivity contribution in [3.8, 4) is 11.5 Å². The molecule has 7 nitrogen and oxygen atoms in total. The maximum Gasteiger partial charge on any atom is 0.235 e. The van der Waals surface area contributed by atoms with Crippen molar-refractivity contribution >= 4 is 27.3 Å². The minimum atomic E-state index is -3.19. The van der Waals surface area contributed by atoms with Crippen LogP contribution in [0.15, 0.2) is 42.5 Å². The van der Waals surface area contributed by atoms with E-state index in [0.717, 1.165) is 11.3 Å². The number of hydrogen-bond donors (Lipinski definition) is 1. The van der Waals surface area contributed by atoms with E-state index >= 15 is 0 Å². The molecule has 2 heterocycles. The molecule has 2 aliphatic heterocycles. The third kappa shape index (κ3) is 3.85. The highest BCUT2D eigenvalue weighted by Gasteiger charge is 2.28. The van der Waals surface area contributed by atoms with Crippen molar-refractivity contribution in [3.63, 3.8) is 0 Å². The van der Waals surface area contributed by atoms with E-state index < -0.39 is 10.0 Å². The van der Waals surface area contributed by atoms with Crippen LogP contribution in [0, 0.1) is 0 Å². The summed E-state index contributed by atoms with van der Waals surface area (Å²) in [6, 6.07) is 12.5. The molecule has 1 amide bonds. The van der Waals surface area contributed by atoms with Crippen LogP contribution >= 0.6 is 0 Å². The molecule has 0 saturated carbocycles. The van der Waals surface area contributed by atoms with Crippen LogP contribution in [0.3, 0.4) is 0 Å². The predicted molar refractivity (Wildman–Crippen MR) is 102 cm³/mol. The van der Waals surface area contributed by atoms with E-state index in [4.69, 9.17) is 9.47 Å². The van der Waals surface area contributed by atoms with Gasteiger partial charge < -0.3 is 14.8 Å². The molecule has 1 fully saturated rings. The minimum absolute atomic E-state index is 0.103. The zero-order chi connectivity index (χ0) is 18.9. The second-order valence-electron chi connectivity index (χ2n) is 6.52. The minimum Gasteiger partial charge on any atom is -0.454 e. The molecule has 0 unspecified atom stereocenters. The lowest BCUT2D eigenvalue weighted by Crippen LogP contribution is -2.25. The van der Waals surface area contributed by atoms with E-state index in [1.807, 2.05) is 18.2 Å². The standard InChI is InChI=1S/C19H20N2O5S/c22-19(9-3-14-2-8-17-18(12-14)26-13-25-17)20-15-4-6-16(7-5-15)21-10-1-11-27(21,23)24/h2,4-8,12H,1,3,9-11,13H2,(H,20,22). The second kappa shape index (κ2) is 7.11. The van der Waals surface area contributed by atoms with Crippen molar-refractivity contribution in [2.75, 3.05) is 28.7 Å². The van der Waals surface area contributed by atoms with Gasteiger partial charge in [0.2, 0.25) is 22.7 Å². The van der Waals surface area contributed by atoms with Crippen molar-refractivity contribution in [2.45, 2.75) is 19.3 Å². The van der Waals surface area contributed by atoms with E-state index in [1.165, 1.54) is 4.31 Å². The number of rotatable bonds is 5. The van der Waals surface area contributed by atoms with Crippen molar-refractivity contribution in [1.29, 1.82) is 0 Å². The zero-order valence-corrected chi connectivity index (χ0v) is 15.5. The van der Waals surface area contributed by atoms with E-state index in [0.29, 0.717) is 42.9 Å². The molecule has 1 N–H and O–H groups in total. The van der Waals surface area contributed by atoms with Gasteiger partial charge in [0.1, 0.15) is 0 Å². The molecule has 0 spiro atoms. The van der Waals surface area contributed by atoms with Crippen LogP contribution in [-0.4, -0.2) is 33.4 Å². The summed E-state index contributed by atoms with van der Waals surface area (Å²) < 4.78 is 35.9. The Morgan fingerprint density at radius 3 is 2.59 bits per heavy atom. The van der Waals surface area contributed by atoms with Crippen LogP contribution in [0.5, 0.6) is 11.5 Å². The Morgan fingerprint density at radius 1 is 1.07 bits per heavy atom. The van der Waals surface area contributed by atoms with E-state index in [2.05, 4.69) is 5.32 Å². The number of hydrogen-bond acceptors (Lipinski definition) is 5. The number of nitrogens with one attached hydrogen (secondary N) is 1. The average Bonchev–Trinajstić information content (AvgIpc) is 3.26. The van der Waals surface area contributed by atoms with Crippen LogP contribution in [0.1, 0.15) is 18.4 Å². The van der Waals surface area contributed by atoms with Crippen LogP contribution in [0.2, 0.25) is 0 Å². The SMILES string of the molecule is O=C(CCc1ccc2c(c1)OCO2)Nc1ccc(N2CCCS2(=O)=O)cc1. The lowest BCUT2D eigenvalue weighted by molar-refractivity contribution is -0.116. The van der Waals surface area contributed by atoms with Gasteiger partial charge in [0.25, 0.3) is 0 Å². The van der Waals surface area contributed by atoms with Gasteiger partial charge in [0, 0.05) is 18.7 Å². The van der Waals surface area contributed by atoms with Gasteiger partial charge in [0.05, 0.1) is 11.4 Å². The van der Waals surface area contributed by atoms with Gasteiger partial charge in [-0.3, -0.25) is 9.10 Å². The quantitative estimate of drug-likeness (QED) is 0.851. The van der Waals surface area contributed by atoms with Gasteiger partial charge in [-0.15, -0.1) is 0 Å². The fraction of sp³-hybridized carbons (Fsp3) is 0.316. The largest absolute Gasteiger partial charge is 0.454 e. The molecule has 0 bridgehead atoms. The second-order valence-corrected chi connectivity index (χ2v) is 8.54. The predicted octanol–water partition coefficient (Wildman–Crippen LogP) is 2.53. The lowest BCUT2D eigenvalue weighted by atomic mass is 10.1. The highest BCUT2D eigenvalue weighted by atomic mass is 32.2. The molecule has 2 aromatic rings. The maximum absolute atomic E-state index is 12.2. The number of aryl methyl sites for hydroxylation is 1. The van der Waals surface area contributed by atoms with E-state index in [1.54, 1.807) is 24.3 Å². The zero-order valence-electron chi connectivity index (χ0n) is 14.7. The third-order valence-electron chi connectivity index (χ3n) is 4.62. The topological polar surface area (TPSA) is 84.9 Å². The Morgan fingerprint density at radius 2 is 1.85 bits per heavy atom. The fourth-order valence-electron chi connectivity index (χ4n) is 3.22. The van der Waals surface area contributed by atoms with Gasteiger partial charge >= 0.3 is 0 Å². The van der Waals surface area contributed by atoms with Crippen molar-refractivity contribution in [1.82, 2.24) is 0 Å². The molecule has 142 valence electrons. The molecule has 0 aliphatic carbocycles. The van der Waals surface area contributed by atoms with Gasteiger partial charge in [-0.1, -0.05) is 6.07 Å².